The molecule has 5 nitrogen and oxygen atoms in total. The molecule has 1 saturated carbocycles. The van der Waals surface area contributed by atoms with Gasteiger partial charge < -0.3 is 9.26 Å². The second kappa shape index (κ2) is 3.64. The van der Waals surface area contributed by atoms with Gasteiger partial charge in [-0.2, -0.15) is 4.98 Å². The first-order chi connectivity index (χ1) is 6.99. The lowest BCUT2D eigenvalue weighted by Crippen LogP contribution is -2.10. The predicted molar refractivity (Wildman–Crippen MR) is 51.4 cm³/mol. The molecule has 0 N–H and O–H groups in total. The van der Waals surface area contributed by atoms with Gasteiger partial charge in [0.2, 0.25) is 0 Å². The third-order valence-electron chi connectivity index (χ3n) is 2.02. The third-order valence-corrected chi connectivity index (χ3v) is 2.85. The highest BCUT2D eigenvalue weighted by atomic mass is 35.5. The Kier molecular flexibility index (Phi) is 2.60. The van der Waals surface area contributed by atoms with Gasteiger partial charge in [-0.15, -0.1) is 23.2 Å². The van der Waals surface area contributed by atoms with Crippen molar-refractivity contribution < 1.29 is 14.1 Å². The van der Waals surface area contributed by atoms with Crippen molar-refractivity contribution >= 4 is 29.2 Å². The summed E-state index contributed by atoms with van der Waals surface area (Å²) in [6.45, 7) is 1.64. The summed E-state index contributed by atoms with van der Waals surface area (Å²) in [6.07, 6.45) is 0.428. The second-order valence-corrected chi connectivity index (χ2v) is 4.90. The number of nitrogens with zero attached hydrogens (tertiary/aromatic N) is 2. The highest BCUT2D eigenvalue weighted by molar-refractivity contribution is 6.52. The lowest BCUT2D eigenvalue weighted by molar-refractivity contribution is -0.147. The number of halogens is 2. The zero-order chi connectivity index (χ0) is 11.1. The van der Waals surface area contributed by atoms with Crippen molar-refractivity contribution in [2.45, 2.75) is 24.3 Å². The first kappa shape index (κ1) is 10.7. The summed E-state index contributed by atoms with van der Waals surface area (Å²) in [7, 11) is 0. The van der Waals surface area contributed by atoms with Crippen LogP contribution in [0, 0.1) is 12.8 Å². The Morgan fingerprint density at radius 3 is 2.87 bits per heavy atom. The molecule has 0 aromatic carbocycles. The Balaban J connectivity index is 1.82. The van der Waals surface area contributed by atoms with E-state index >= 15 is 0 Å². The number of rotatable bonds is 3. The van der Waals surface area contributed by atoms with Crippen molar-refractivity contribution in [3.8, 4) is 0 Å². The van der Waals surface area contributed by atoms with Gasteiger partial charge in [-0.1, -0.05) is 5.16 Å². The molecule has 1 aliphatic rings. The normalized spacial score (nSPS) is 22.5. The van der Waals surface area contributed by atoms with Gasteiger partial charge in [0.25, 0.3) is 5.89 Å². The van der Waals surface area contributed by atoms with Crippen LogP contribution in [-0.4, -0.2) is 20.4 Å². The number of aryl methyl sites for hydroxylation is 1. The van der Waals surface area contributed by atoms with Crippen LogP contribution in [0.15, 0.2) is 4.52 Å². The van der Waals surface area contributed by atoms with E-state index in [4.69, 9.17) is 32.5 Å². The van der Waals surface area contributed by atoms with Crippen LogP contribution in [0.3, 0.4) is 0 Å². The summed E-state index contributed by atoms with van der Waals surface area (Å²) in [5.41, 5.74) is 0. The standard InChI is InChI=1S/C8H8Cl2N2O3/c1-4-11-6(15-12-4)3-14-7(13)5-2-8(5,9)10/h5H,2-3H2,1H3. The summed E-state index contributed by atoms with van der Waals surface area (Å²) >= 11 is 11.4. The molecule has 82 valence electrons. The maximum absolute atomic E-state index is 11.3. The van der Waals surface area contributed by atoms with Crippen LogP contribution >= 0.6 is 23.2 Å². The fourth-order valence-electron chi connectivity index (χ4n) is 1.10. The van der Waals surface area contributed by atoms with Crippen LogP contribution in [-0.2, 0) is 16.1 Å². The minimum Gasteiger partial charge on any atom is -0.455 e. The molecule has 15 heavy (non-hydrogen) atoms. The van der Waals surface area contributed by atoms with E-state index < -0.39 is 16.2 Å². The third kappa shape index (κ3) is 2.41. The van der Waals surface area contributed by atoms with E-state index in [0.717, 1.165) is 0 Å². The number of carbonyl (C=O) groups excluding carboxylic acids is 1. The quantitative estimate of drug-likeness (QED) is 0.603. The van der Waals surface area contributed by atoms with E-state index in [1.165, 1.54) is 0 Å². The molecule has 1 unspecified atom stereocenters. The molecule has 1 aliphatic carbocycles. The summed E-state index contributed by atoms with van der Waals surface area (Å²) in [4.78, 5) is 15.2. The van der Waals surface area contributed by atoms with Crippen LogP contribution in [0.4, 0.5) is 0 Å². The van der Waals surface area contributed by atoms with Crippen molar-refractivity contribution in [1.29, 1.82) is 0 Å². The maximum Gasteiger partial charge on any atom is 0.312 e. The first-order valence-corrected chi connectivity index (χ1v) is 5.08. The maximum atomic E-state index is 11.3. The molecule has 7 heteroatoms. The molecule has 1 aromatic heterocycles. The van der Waals surface area contributed by atoms with Crippen molar-refractivity contribution in [2.75, 3.05) is 0 Å². The molecule has 1 heterocycles. The Bertz CT molecular complexity index is 391. The lowest BCUT2D eigenvalue weighted by atomic mass is 10.4. The number of carbonyl (C=O) groups is 1. The van der Waals surface area contributed by atoms with Gasteiger partial charge in [0.1, 0.15) is 4.33 Å². The average molecular weight is 251 g/mol. The van der Waals surface area contributed by atoms with Gasteiger partial charge in [-0.25, -0.2) is 0 Å². The summed E-state index contributed by atoms with van der Waals surface area (Å²) in [6, 6.07) is 0. The second-order valence-electron chi connectivity index (χ2n) is 3.36. The molecule has 0 saturated heterocycles. The van der Waals surface area contributed by atoms with Crippen molar-refractivity contribution in [3.05, 3.63) is 11.7 Å². The molecular weight excluding hydrogens is 243 g/mol. The SMILES string of the molecule is Cc1noc(COC(=O)C2CC2(Cl)Cl)n1. The van der Waals surface area contributed by atoms with Crippen molar-refractivity contribution in [2.24, 2.45) is 5.92 Å². The molecule has 0 aliphatic heterocycles. The topological polar surface area (TPSA) is 65.2 Å². The van der Waals surface area contributed by atoms with Gasteiger partial charge >= 0.3 is 5.97 Å². The van der Waals surface area contributed by atoms with E-state index in [1.807, 2.05) is 0 Å². The molecule has 1 aromatic rings. The molecule has 0 spiro atoms. The summed E-state index contributed by atoms with van der Waals surface area (Å²) in [5.74, 6) is -0.117. The number of ether oxygens (including phenoxy) is 1. The molecule has 1 fully saturated rings. The number of alkyl halides is 2. The minimum atomic E-state index is -0.957. The van der Waals surface area contributed by atoms with Crippen LogP contribution in [0.2, 0.25) is 0 Å². The van der Waals surface area contributed by atoms with Crippen molar-refractivity contribution in [3.63, 3.8) is 0 Å². The molecule has 0 bridgehead atoms. The number of esters is 1. The largest absolute Gasteiger partial charge is 0.455 e. The van der Waals surface area contributed by atoms with Gasteiger partial charge in [0, 0.05) is 0 Å². The number of hydrogen-bond donors (Lipinski definition) is 0. The molecular formula is C8H8Cl2N2O3. The molecule has 0 amide bonds. The molecule has 2 rings (SSSR count). The Morgan fingerprint density at radius 2 is 2.40 bits per heavy atom. The molecule has 1 atom stereocenters. The Hall–Kier alpha value is -0.810. The minimum absolute atomic E-state index is 0.0416. The number of aromatic nitrogens is 2. The molecule has 0 radical (unpaired) electrons. The van der Waals surface area contributed by atoms with Crippen molar-refractivity contribution in [1.82, 2.24) is 10.1 Å². The first-order valence-electron chi connectivity index (χ1n) is 4.33. The van der Waals surface area contributed by atoms with Crippen LogP contribution in [0.5, 0.6) is 0 Å². The van der Waals surface area contributed by atoms with E-state index in [2.05, 4.69) is 10.1 Å². The fourth-order valence-corrected chi connectivity index (χ4v) is 1.59. The van der Waals surface area contributed by atoms with Gasteiger partial charge in [0.15, 0.2) is 12.4 Å². The van der Waals surface area contributed by atoms with Gasteiger partial charge in [0.05, 0.1) is 5.92 Å². The van der Waals surface area contributed by atoms with E-state index in [-0.39, 0.29) is 12.5 Å². The van der Waals surface area contributed by atoms with E-state index in [1.54, 1.807) is 6.92 Å². The highest BCUT2D eigenvalue weighted by Gasteiger charge is 2.57. The Labute approximate surface area is 95.7 Å². The smallest absolute Gasteiger partial charge is 0.312 e. The van der Waals surface area contributed by atoms with Crippen LogP contribution in [0.1, 0.15) is 18.1 Å². The lowest BCUT2D eigenvalue weighted by Gasteiger charge is -2.00. The predicted octanol–water partition coefficient (Wildman–Crippen LogP) is 1.62. The summed E-state index contributed by atoms with van der Waals surface area (Å²) < 4.78 is 8.70. The zero-order valence-electron chi connectivity index (χ0n) is 7.87. The van der Waals surface area contributed by atoms with Crippen LogP contribution in [0.25, 0.3) is 0 Å². The monoisotopic (exact) mass is 250 g/mol. The summed E-state index contributed by atoms with van der Waals surface area (Å²) in [5, 5.41) is 3.55. The highest BCUT2D eigenvalue weighted by Crippen LogP contribution is 2.53. The van der Waals surface area contributed by atoms with Gasteiger partial charge in [-0.3, -0.25) is 4.79 Å². The van der Waals surface area contributed by atoms with E-state index in [0.29, 0.717) is 12.2 Å². The van der Waals surface area contributed by atoms with Gasteiger partial charge in [-0.05, 0) is 13.3 Å². The number of hydrogen-bond acceptors (Lipinski definition) is 5. The fraction of sp³-hybridized carbons (Fsp3) is 0.625. The Morgan fingerprint density at radius 1 is 1.73 bits per heavy atom. The van der Waals surface area contributed by atoms with Crippen LogP contribution < -0.4 is 0 Å². The van der Waals surface area contributed by atoms with E-state index in [9.17, 15) is 4.79 Å². The zero-order valence-corrected chi connectivity index (χ0v) is 9.38. The average Bonchev–Trinajstić information content (AvgIpc) is 2.59.